The molecular formula is C14H21ClN2O. The molecule has 4 heteroatoms. The van der Waals surface area contributed by atoms with E-state index in [1.54, 1.807) is 0 Å². The van der Waals surface area contributed by atoms with E-state index in [1.807, 2.05) is 13.8 Å². The second-order valence-corrected chi connectivity index (χ2v) is 5.26. The minimum atomic E-state index is -0.296. The number of aromatic nitrogens is 2. The van der Waals surface area contributed by atoms with E-state index in [0.717, 1.165) is 36.3 Å². The first-order valence-corrected chi connectivity index (χ1v) is 7.18. The Kier molecular flexibility index (Phi) is 4.23. The van der Waals surface area contributed by atoms with Gasteiger partial charge in [0, 0.05) is 17.9 Å². The Bertz CT molecular complexity index is 428. The maximum atomic E-state index is 6.23. The molecule has 0 saturated heterocycles. The van der Waals surface area contributed by atoms with Gasteiger partial charge in [-0.25, -0.2) is 9.97 Å². The van der Waals surface area contributed by atoms with Crippen molar-refractivity contribution < 1.29 is 4.74 Å². The van der Waals surface area contributed by atoms with Crippen LogP contribution < -0.4 is 0 Å². The van der Waals surface area contributed by atoms with Crippen LogP contribution in [-0.2, 0) is 16.8 Å². The van der Waals surface area contributed by atoms with Gasteiger partial charge in [0.1, 0.15) is 10.8 Å². The van der Waals surface area contributed by atoms with Crippen LogP contribution in [-0.4, -0.2) is 16.6 Å². The standard InChI is InChI=1S/C14H21ClN2O/c1-4-11-10(3)12(15)17-13(16-11)14(18-5-2)8-6-7-9-14/h4-9H2,1-3H3. The third kappa shape index (κ3) is 2.39. The summed E-state index contributed by atoms with van der Waals surface area (Å²) < 4.78 is 5.99. The van der Waals surface area contributed by atoms with Gasteiger partial charge < -0.3 is 4.74 Å². The second-order valence-electron chi connectivity index (χ2n) is 4.90. The van der Waals surface area contributed by atoms with E-state index in [9.17, 15) is 0 Å². The van der Waals surface area contributed by atoms with Gasteiger partial charge in [0.15, 0.2) is 5.82 Å². The van der Waals surface area contributed by atoms with Crippen molar-refractivity contribution in [3.05, 3.63) is 22.2 Å². The molecule has 1 aliphatic carbocycles. The van der Waals surface area contributed by atoms with Crippen LogP contribution in [0.4, 0.5) is 0 Å². The fourth-order valence-electron chi connectivity index (χ4n) is 2.74. The molecule has 0 atom stereocenters. The van der Waals surface area contributed by atoms with Crippen molar-refractivity contribution in [2.24, 2.45) is 0 Å². The minimum absolute atomic E-state index is 0.296. The van der Waals surface area contributed by atoms with Crippen molar-refractivity contribution in [2.75, 3.05) is 6.61 Å². The predicted molar refractivity (Wildman–Crippen MR) is 72.9 cm³/mol. The van der Waals surface area contributed by atoms with E-state index in [1.165, 1.54) is 12.8 Å². The Hall–Kier alpha value is -0.670. The molecule has 3 nitrogen and oxygen atoms in total. The third-order valence-electron chi connectivity index (χ3n) is 3.76. The molecule has 0 aromatic carbocycles. The zero-order valence-corrected chi connectivity index (χ0v) is 12.2. The topological polar surface area (TPSA) is 35.0 Å². The van der Waals surface area contributed by atoms with Gasteiger partial charge in [0.25, 0.3) is 0 Å². The van der Waals surface area contributed by atoms with Crippen LogP contribution in [0, 0.1) is 6.92 Å². The summed E-state index contributed by atoms with van der Waals surface area (Å²) in [4.78, 5) is 9.19. The summed E-state index contributed by atoms with van der Waals surface area (Å²) in [5, 5.41) is 0.572. The molecule has 1 aliphatic rings. The monoisotopic (exact) mass is 268 g/mol. The highest BCUT2D eigenvalue weighted by atomic mass is 35.5. The lowest BCUT2D eigenvalue weighted by Crippen LogP contribution is -2.29. The summed E-state index contributed by atoms with van der Waals surface area (Å²) in [6, 6.07) is 0. The number of hydrogen-bond acceptors (Lipinski definition) is 3. The normalized spacial score (nSPS) is 18.2. The molecule has 0 radical (unpaired) electrons. The zero-order valence-electron chi connectivity index (χ0n) is 11.4. The fraction of sp³-hybridized carbons (Fsp3) is 0.714. The highest BCUT2D eigenvalue weighted by Crippen LogP contribution is 2.41. The number of aryl methyl sites for hydroxylation is 1. The van der Waals surface area contributed by atoms with E-state index in [2.05, 4.69) is 11.9 Å². The van der Waals surface area contributed by atoms with Gasteiger partial charge in [-0.2, -0.15) is 0 Å². The minimum Gasteiger partial charge on any atom is -0.367 e. The van der Waals surface area contributed by atoms with Crippen molar-refractivity contribution in [3.8, 4) is 0 Å². The van der Waals surface area contributed by atoms with Crippen molar-refractivity contribution in [2.45, 2.75) is 58.5 Å². The van der Waals surface area contributed by atoms with Gasteiger partial charge in [-0.3, -0.25) is 0 Å². The zero-order chi connectivity index (χ0) is 13.2. The van der Waals surface area contributed by atoms with Crippen molar-refractivity contribution in [1.82, 2.24) is 9.97 Å². The van der Waals surface area contributed by atoms with Gasteiger partial charge in [0.2, 0.25) is 0 Å². The first-order chi connectivity index (χ1) is 8.63. The van der Waals surface area contributed by atoms with Crippen LogP contribution in [0.2, 0.25) is 5.15 Å². The molecule has 18 heavy (non-hydrogen) atoms. The molecule has 1 aromatic heterocycles. The highest BCUT2D eigenvalue weighted by Gasteiger charge is 2.39. The maximum Gasteiger partial charge on any atom is 0.162 e. The van der Waals surface area contributed by atoms with E-state index >= 15 is 0 Å². The van der Waals surface area contributed by atoms with Crippen molar-refractivity contribution in [1.29, 1.82) is 0 Å². The first-order valence-electron chi connectivity index (χ1n) is 6.80. The molecule has 1 heterocycles. The number of nitrogens with zero attached hydrogens (tertiary/aromatic N) is 2. The quantitative estimate of drug-likeness (QED) is 0.779. The van der Waals surface area contributed by atoms with Crippen LogP contribution in [0.3, 0.4) is 0 Å². The lowest BCUT2D eigenvalue weighted by atomic mass is 10.0. The molecule has 0 amide bonds. The average Bonchev–Trinajstić information content (AvgIpc) is 2.82. The van der Waals surface area contributed by atoms with Crippen LogP contribution in [0.5, 0.6) is 0 Å². The molecule has 1 aromatic rings. The summed E-state index contributed by atoms with van der Waals surface area (Å²) in [7, 11) is 0. The predicted octanol–water partition coefficient (Wildman–Crippen LogP) is 3.81. The lowest BCUT2D eigenvalue weighted by Gasteiger charge is -2.28. The molecule has 0 unspecified atom stereocenters. The smallest absolute Gasteiger partial charge is 0.162 e. The van der Waals surface area contributed by atoms with Gasteiger partial charge >= 0.3 is 0 Å². The highest BCUT2D eigenvalue weighted by molar-refractivity contribution is 6.30. The molecule has 1 fully saturated rings. The summed E-state index contributed by atoms with van der Waals surface area (Å²) >= 11 is 6.23. The van der Waals surface area contributed by atoms with Crippen LogP contribution in [0.1, 0.15) is 56.6 Å². The van der Waals surface area contributed by atoms with E-state index in [4.69, 9.17) is 21.3 Å². The Morgan fingerprint density at radius 1 is 1.22 bits per heavy atom. The summed E-state index contributed by atoms with van der Waals surface area (Å²) in [5.41, 5.74) is 1.74. The SMILES string of the molecule is CCOC1(c2nc(Cl)c(C)c(CC)n2)CCCC1. The number of hydrogen-bond donors (Lipinski definition) is 0. The van der Waals surface area contributed by atoms with Crippen LogP contribution in [0.15, 0.2) is 0 Å². The molecule has 2 rings (SSSR count). The third-order valence-corrected chi connectivity index (χ3v) is 4.13. The molecule has 0 bridgehead atoms. The van der Waals surface area contributed by atoms with Gasteiger partial charge in [-0.15, -0.1) is 0 Å². The summed E-state index contributed by atoms with van der Waals surface area (Å²) in [5.74, 6) is 0.786. The molecular weight excluding hydrogens is 248 g/mol. The molecule has 100 valence electrons. The summed E-state index contributed by atoms with van der Waals surface area (Å²) in [6.07, 6.45) is 5.24. The Balaban J connectivity index is 2.45. The molecule has 0 spiro atoms. The number of halogens is 1. The molecule has 1 saturated carbocycles. The maximum absolute atomic E-state index is 6.23. The lowest BCUT2D eigenvalue weighted by molar-refractivity contribution is -0.0458. The van der Waals surface area contributed by atoms with Gasteiger partial charge in [-0.05, 0) is 46.0 Å². The van der Waals surface area contributed by atoms with E-state index < -0.39 is 0 Å². The average molecular weight is 269 g/mol. The number of rotatable bonds is 4. The first kappa shape index (κ1) is 13.8. The van der Waals surface area contributed by atoms with E-state index in [0.29, 0.717) is 11.8 Å². The fourth-order valence-corrected chi connectivity index (χ4v) is 2.92. The largest absolute Gasteiger partial charge is 0.367 e. The second kappa shape index (κ2) is 5.54. The van der Waals surface area contributed by atoms with E-state index in [-0.39, 0.29) is 5.60 Å². The van der Waals surface area contributed by atoms with Gasteiger partial charge in [0.05, 0.1) is 0 Å². The Morgan fingerprint density at radius 2 is 1.89 bits per heavy atom. The summed E-state index contributed by atoms with van der Waals surface area (Å²) in [6.45, 7) is 6.79. The van der Waals surface area contributed by atoms with Crippen LogP contribution in [0.25, 0.3) is 0 Å². The molecule has 0 aliphatic heterocycles. The van der Waals surface area contributed by atoms with Gasteiger partial charge in [-0.1, -0.05) is 18.5 Å². The Labute approximate surface area is 114 Å². The van der Waals surface area contributed by atoms with Crippen molar-refractivity contribution in [3.63, 3.8) is 0 Å². The van der Waals surface area contributed by atoms with Crippen LogP contribution >= 0.6 is 11.6 Å². The van der Waals surface area contributed by atoms with Crippen molar-refractivity contribution >= 4 is 11.6 Å². The number of ether oxygens (including phenoxy) is 1. The molecule has 0 N–H and O–H groups in total. The Morgan fingerprint density at radius 3 is 2.44 bits per heavy atom.